The maximum Gasteiger partial charge on any atom is 0.264 e. The van der Waals surface area contributed by atoms with Gasteiger partial charge in [0.2, 0.25) is 0 Å². The van der Waals surface area contributed by atoms with Gasteiger partial charge < -0.3 is 5.32 Å². The summed E-state index contributed by atoms with van der Waals surface area (Å²) in [7, 11) is -3.93. The second kappa shape index (κ2) is 7.94. The highest BCUT2D eigenvalue weighted by atomic mass is 32.2. The zero-order valence-corrected chi connectivity index (χ0v) is 14.6. The number of benzene rings is 2. The topological polar surface area (TPSA) is 66.5 Å². The molecule has 7 heteroatoms. The Kier molecular flexibility index (Phi) is 5.93. The van der Waals surface area contributed by atoms with Crippen molar-refractivity contribution in [1.82, 2.24) is 5.32 Å². The Morgan fingerprint density at radius 2 is 1.92 bits per heavy atom. The summed E-state index contributed by atoms with van der Waals surface area (Å²) in [6.45, 7) is 5.51. The molecule has 0 atom stereocenters. The van der Waals surface area contributed by atoms with E-state index >= 15 is 0 Å². The summed E-state index contributed by atoms with van der Waals surface area (Å²) in [6, 6.07) is 11.8. The third kappa shape index (κ3) is 4.06. The lowest BCUT2D eigenvalue weighted by atomic mass is 10.2. The fraction of sp³-hybridized carbons (Fsp3) is 0.167. The van der Waals surface area contributed by atoms with Crippen LogP contribution in [0.3, 0.4) is 0 Å². The van der Waals surface area contributed by atoms with Crippen LogP contribution in [0.4, 0.5) is 10.1 Å². The molecule has 1 amide bonds. The molecule has 0 unspecified atom stereocenters. The van der Waals surface area contributed by atoms with Gasteiger partial charge in [0, 0.05) is 13.1 Å². The van der Waals surface area contributed by atoms with Gasteiger partial charge in [0.15, 0.2) is 0 Å². The van der Waals surface area contributed by atoms with E-state index in [4.69, 9.17) is 0 Å². The number of nitrogens with one attached hydrogen (secondary N) is 1. The molecule has 2 rings (SSSR count). The fourth-order valence-electron chi connectivity index (χ4n) is 2.31. The van der Waals surface area contributed by atoms with E-state index in [-0.39, 0.29) is 23.5 Å². The number of nitrogens with zero attached hydrogens (tertiary/aromatic N) is 1. The quantitative estimate of drug-likeness (QED) is 0.770. The average Bonchev–Trinajstić information content (AvgIpc) is 2.61. The van der Waals surface area contributed by atoms with Gasteiger partial charge >= 0.3 is 0 Å². The Balaban J connectivity index is 2.45. The minimum atomic E-state index is -3.93. The number of carbonyl (C=O) groups excluding carboxylic acids is 1. The van der Waals surface area contributed by atoms with Crippen LogP contribution in [-0.2, 0) is 10.0 Å². The van der Waals surface area contributed by atoms with Crippen LogP contribution < -0.4 is 9.62 Å². The summed E-state index contributed by atoms with van der Waals surface area (Å²) >= 11 is 0. The molecule has 0 saturated heterocycles. The summed E-state index contributed by atoms with van der Waals surface area (Å²) in [6.07, 6.45) is 1.45. The second-order valence-electron chi connectivity index (χ2n) is 5.15. The molecule has 0 heterocycles. The van der Waals surface area contributed by atoms with Crippen LogP contribution in [0, 0.1) is 5.82 Å². The van der Waals surface area contributed by atoms with Crippen molar-refractivity contribution in [3.63, 3.8) is 0 Å². The van der Waals surface area contributed by atoms with Gasteiger partial charge in [-0.1, -0.05) is 24.3 Å². The highest BCUT2D eigenvalue weighted by Crippen LogP contribution is 2.24. The van der Waals surface area contributed by atoms with Crippen molar-refractivity contribution in [2.24, 2.45) is 0 Å². The normalized spacial score (nSPS) is 11.0. The highest BCUT2D eigenvalue weighted by molar-refractivity contribution is 7.92. The number of amides is 1. The van der Waals surface area contributed by atoms with Gasteiger partial charge in [0.1, 0.15) is 5.82 Å². The first-order valence-electron chi connectivity index (χ1n) is 7.68. The van der Waals surface area contributed by atoms with E-state index in [1.54, 1.807) is 37.3 Å². The maximum absolute atomic E-state index is 13.9. The lowest BCUT2D eigenvalue weighted by molar-refractivity contribution is 0.0953. The molecule has 0 spiro atoms. The van der Waals surface area contributed by atoms with Gasteiger partial charge in [-0.25, -0.2) is 12.8 Å². The monoisotopic (exact) mass is 362 g/mol. The van der Waals surface area contributed by atoms with Crippen molar-refractivity contribution in [2.75, 3.05) is 17.4 Å². The molecule has 0 radical (unpaired) electrons. The first-order valence-corrected chi connectivity index (χ1v) is 9.12. The van der Waals surface area contributed by atoms with Crippen molar-refractivity contribution in [3.05, 3.63) is 72.6 Å². The van der Waals surface area contributed by atoms with Gasteiger partial charge in [-0.15, -0.1) is 6.58 Å². The summed E-state index contributed by atoms with van der Waals surface area (Å²) in [5, 5.41) is 2.44. The molecule has 0 aliphatic rings. The van der Waals surface area contributed by atoms with Crippen LogP contribution in [0.25, 0.3) is 0 Å². The third-order valence-corrected chi connectivity index (χ3v) is 5.41. The zero-order chi connectivity index (χ0) is 18.4. The van der Waals surface area contributed by atoms with Gasteiger partial charge in [-0.3, -0.25) is 9.10 Å². The van der Waals surface area contributed by atoms with Gasteiger partial charge in [0.25, 0.3) is 15.9 Å². The molecule has 25 heavy (non-hydrogen) atoms. The lowest BCUT2D eigenvalue weighted by Crippen LogP contribution is -2.31. The van der Waals surface area contributed by atoms with Crippen molar-refractivity contribution in [1.29, 1.82) is 0 Å². The Hall–Kier alpha value is -2.67. The largest absolute Gasteiger partial charge is 0.348 e. The molecule has 2 aromatic carbocycles. The average molecular weight is 362 g/mol. The first kappa shape index (κ1) is 18.7. The Bertz CT molecular complexity index is 867. The summed E-state index contributed by atoms with van der Waals surface area (Å²) < 4.78 is 41.0. The predicted octanol–water partition coefficient (Wildman–Crippen LogP) is 2.96. The van der Waals surface area contributed by atoms with E-state index in [2.05, 4.69) is 11.9 Å². The minimum absolute atomic E-state index is 0.150. The maximum atomic E-state index is 13.9. The molecule has 132 valence electrons. The second-order valence-corrected chi connectivity index (χ2v) is 7.01. The van der Waals surface area contributed by atoms with Crippen LogP contribution in [0.15, 0.2) is 66.1 Å². The van der Waals surface area contributed by atoms with Crippen LogP contribution >= 0.6 is 0 Å². The number of hydrogen-bond acceptors (Lipinski definition) is 3. The van der Waals surface area contributed by atoms with Crippen molar-refractivity contribution >= 4 is 21.6 Å². The number of anilines is 1. The third-order valence-electron chi connectivity index (χ3n) is 3.51. The molecule has 0 aliphatic heterocycles. The number of sulfonamides is 1. The van der Waals surface area contributed by atoms with E-state index < -0.39 is 21.7 Å². The fourth-order valence-corrected chi connectivity index (χ4v) is 3.81. The molecule has 0 saturated carbocycles. The molecule has 0 bridgehead atoms. The summed E-state index contributed by atoms with van der Waals surface area (Å²) in [4.78, 5) is 11.9. The first-order chi connectivity index (χ1) is 11.9. The van der Waals surface area contributed by atoms with Crippen LogP contribution in [0.5, 0.6) is 0 Å². The van der Waals surface area contributed by atoms with E-state index in [0.29, 0.717) is 5.69 Å². The van der Waals surface area contributed by atoms with E-state index in [1.165, 1.54) is 10.4 Å². The van der Waals surface area contributed by atoms with Crippen LogP contribution in [0.2, 0.25) is 0 Å². The van der Waals surface area contributed by atoms with Crippen LogP contribution in [-0.4, -0.2) is 27.4 Å². The summed E-state index contributed by atoms with van der Waals surface area (Å²) in [5.74, 6) is -1.49. The molecule has 0 fully saturated rings. The van der Waals surface area contributed by atoms with Crippen molar-refractivity contribution in [2.45, 2.75) is 11.8 Å². The lowest BCUT2D eigenvalue weighted by Gasteiger charge is -2.23. The molecule has 0 aromatic heterocycles. The molecule has 1 N–H and O–H groups in total. The zero-order valence-electron chi connectivity index (χ0n) is 13.8. The van der Waals surface area contributed by atoms with E-state index in [0.717, 1.165) is 18.2 Å². The number of halogens is 1. The molecule has 2 aromatic rings. The Morgan fingerprint density at radius 1 is 1.24 bits per heavy atom. The molecular formula is C18H19FN2O3S. The predicted molar refractivity (Wildman–Crippen MR) is 95.6 cm³/mol. The van der Waals surface area contributed by atoms with E-state index in [9.17, 15) is 17.6 Å². The van der Waals surface area contributed by atoms with Gasteiger partial charge in [-0.05, 0) is 37.3 Å². The van der Waals surface area contributed by atoms with E-state index in [1.807, 2.05) is 0 Å². The molecule has 0 aliphatic carbocycles. The minimum Gasteiger partial charge on any atom is -0.348 e. The van der Waals surface area contributed by atoms with Gasteiger partial charge in [0.05, 0.1) is 16.1 Å². The number of hydrogen-bond donors (Lipinski definition) is 1. The van der Waals surface area contributed by atoms with Gasteiger partial charge in [-0.2, -0.15) is 0 Å². The Labute approximate surface area is 146 Å². The SMILES string of the molecule is C=CCNC(=O)c1cc(S(=O)(=O)N(CC)c2ccccc2)ccc1F. The summed E-state index contributed by atoms with van der Waals surface area (Å²) in [5.41, 5.74) is 0.166. The molecular weight excluding hydrogens is 343 g/mol. The van der Waals surface area contributed by atoms with Crippen molar-refractivity contribution in [3.8, 4) is 0 Å². The number of rotatable bonds is 7. The van der Waals surface area contributed by atoms with Crippen LogP contribution in [0.1, 0.15) is 17.3 Å². The number of carbonyl (C=O) groups is 1. The Morgan fingerprint density at radius 3 is 2.52 bits per heavy atom. The standard InChI is InChI=1S/C18H19FN2O3S/c1-3-12-20-18(22)16-13-15(10-11-17(16)19)25(23,24)21(4-2)14-8-6-5-7-9-14/h3,5-11,13H,1,4,12H2,2H3,(H,20,22). The molecule has 5 nitrogen and oxygen atoms in total. The highest BCUT2D eigenvalue weighted by Gasteiger charge is 2.25. The smallest absolute Gasteiger partial charge is 0.264 e. The van der Waals surface area contributed by atoms with Crippen molar-refractivity contribution < 1.29 is 17.6 Å². The number of para-hydroxylation sites is 1.